The molecule has 5 rings (SSSR count). The van der Waals surface area contributed by atoms with Crippen molar-refractivity contribution < 1.29 is 23.4 Å². The van der Waals surface area contributed by atoms with Crippen LogP contribution < -0.4 is 10.1 Å². The molecule has 2 aliphatic rings. The molecule has 3 aromatic carbocycles. The zero-order valence-corrected chi connectivity index (χ0v) is 14.6. The highest BCUT2D eigenvalue weighted by Crippen LogP contribution is 2.49. The number of nitrogens with one attached hydrogen (secondary N) is 1. The predicted octanol–water partition coefficient (Wildman–Crippen LogP) is 3.89. The van der Waals surface area contributed by atoms with Crippen LogP contribution in [0, 0.1) is 11.6 Å². The first-order chi connectivity index (χ1) is 13.5. The van der Waals surface area contributed by atoms with Gasteiger partial charge in [0.25, 0.3) is 0 Å². The van der Waals surface area contributed by atoms with Crippen LogP contribution in [-0.2, 0) is 16.6 Å². The summed E-state index contributed by atoms with van der Waals surface area (Å²) in [5.41, 5.74) is 0.946. The Bertz CT molecular complexity index is 1130. The van der Waals surface area contributed by atoms with E-state index in [1.165, 1.54) is 18.2 Å². The minimum absolute atomic E-state index is 0.0465. The first-order valence-electron chi connectivity index (χ1n) is 8.87. The van der Waals surface area contributed by atoms with Crippen molar-refractivity contribution in [1.29, 1.82) is 0 Å². The summed E-state index contributed by atoms with van der Waals surface area (Å²) in [6.45, 7) is 0.563. The normalized spacial score (nSPS) is 19.7. The van der Waals surface area contributed by atoms with E-state index in [1.807, 2.05) is 6.07 Å². The molecule has 0 saturated heterocycles. The summed E-state index contributed by atoms with van der Waals surface area (Å²) in [4.78, 5) is 13.3. The molecule has 2 aliphatic heterocycles. The van der Waals surface area contributed by atoms with Crippen molar-refractivity contribution in [3.8, 4) is 11.5 Å². The quantitative estimate of drug-likeness (QED) is 0.710. The van der Waals surface area contributed by atoms with Gasteiger partial charge >= 0.3 is 0 Å². The van der Waals surface area contributed by atoms with Crippen LogP contribution in [0.5, 0.6) is 11.5 Å². The van der Waals surface area contributed by atoms with Crippen LogP contribution in [0.25, 0.3) is 0 Å². The maximum Gasteiger partial charge on any atom is 0.244 e. The van der Waals surface area contributed by atoms with Crippen LogP contribution in [0.2, 0.25) is 0 Å². The van der Waals surface area contributed by atoms with Gasteiger partial charge in [-0.15, -0.1) is 0 Å². The molecule has 1 unspecified atom stereocenters. The van der Waals surface area contributed by atoms with Gasteiger partial charge in [0.1, 0.15) is 16.9 Å². The maximum atomic E-state index is 14.5. The monoisotopic (exact) mass is 379 g/mol. The lowest BCUT2D eigenvalue weighted by atomic mass is 9.70. The molecule has 3 aromatic rings. The fourth-order valence-electron chi connectivity index (χ4n) is 4.19. The third-order valence-electron chi connectivity index (χ3n) is 5.50. The molecule has 28 heavy (non-hydrogen) atoms. The third kappa shape index (κ3) is 2.11. The Morgan fingerprint density at radius 2 is 1.75 bits per heavy atom. The van der Waals surface area contributed by atoms with E-state index in [0.29, 0.717) is 29.7 Å². The van der Waals surface area contributed by atoms with Crippen LogP contribution in [0.4, 0.5) is 14.5 Å². The van der Waals surface area contributed by atoms with Gasteiger partial charge in [0.15, 0.2) is 11.6 Å². The zero-order valence-electron chi connectivity index (χ0n) is 14.6. The number of rotatable bonds is 2. The lowest BCUT2D eigenvalue weighted by molar-refractivity contribution is -0.118. The minimum atomic E-state index is -1.37. The maximum absolute atomic E-state index is 14.5. The number of hydrogen-bond donors (Lipinski definition) is 2. The first kappa shape index (κ1) is 16.7. The van der Waals surface area contributed by atoms with Gasteiger partial charge < -0.3 is 15.2 Å². The summed E-state index contributed by atoms with van der Waals surface area (Å²) >= 11 is 0. The number of phenols is 1. The summed E-state index contributed by atoms with van der Waals surface area (Å²) in [6, 6.07) is 14.1. The Balaban J connectivity index is 1.84. The minimum Gasteiger partial charge on any atom is -0.508 e. The van der Waals surface area contributed by atoms with Crippen molar-refractivity contribution in [2.24, 2.45) is 0 Å². The molecule has 0 aromatic heterocycles. The fraction of sp³-hybridized carbons (Fsp3) is 0.136. The van der Waals surface area contributed by atoms with E-state index in [2.05, 4.69) is 5.32 Å². The first-order valence-corrected chi connectivity index (χ1v) is 8.87. The number of fused-ring (bicyclic) bond motifs is 2. The number of hydrogen-bond acceptors (Lipinski definition) is 3. The molecule has 0 bridgehead atoms. The summed E-state index contributed by atoms with van der Waals surface area (Å²) in [5, 5.41) is 12.2. The van der Waals surface area contributed by atoms with E-state index >= 15 is 0 Å². The van der Waals surface area contributed by atoms with E-state index in [-0.39, 0.29) is 11.4 Å². The van der Waals surface area contributed by atoms with Gasteiger partial charge in [-0.25, -0.2) is 8.78 Å². The van der Waals surface area contributed by atoms with Crippen LogP contribution in [-0.4, -0.2) is 17.6 Å². The zero-order chi connectivity index (χ0) is 19.5. The van der Waals surface area contributed by atoms with E-state index in [0.717, 1.165) is 17.4 Å². The molecule has 2 N–H and O–H groups in total. The second-order valence-electron chi connectivity index (χ2n) is 6.96. The molecule has 0 aliphatic carbocycles. The van der Waals surface area contributed by atoms with Crippen molar-refractivity contribution in [3.05, 3.63) is 88.5 Å². The van der Waals surface area contributed by atoms with Crippen LogP contribution in [0.15, 0.2) is 54.6 Å². The van der Waals surface area contributed by atoms with Gasteiger partial charge in [0.2, 0.25) is 5.91 Å². The number of carbonyl (C=O) groups is 1. The van der Waals surface area contributed by atoms with E-state index < -0.39 is 23.0 Å². The molecular formula is C22H15F2NO3. The molecular weight excluding hydrogens is 364 g/mol. The van der Waals surface area contributed by atoms with Crippen LogP contribution in [0.3, 0.4) is 0 Å². The van der Waals surface area contributed by atoms with Crippen molar-refractivity contribution in [2.75, 3.05) is 11.9 Å². The highest BCUT2D eigenvalue weighted by molar-refractivity contribution is 6.11. The van der Waals surface area contributed by atoms with Gasteiger partial charge in [-0.2, -0.15) is 0 Å². The molecule has 6 heteroatoms. The van der Waals surface area contributed by atoms with E-state index in [1.54, 1.807) is 24.3 Å². The number of halogens is 2. The smallest absolute Gasteiger partial charge is 0.244 e. The Labute approximate surface area is 159 Å². The Morgan fingerprint density at radius 1 is 1.00 bits per heavy atom. The number of phenolic OH excluding ortho intramolecular Hbond substituents is 1. The molecule has 2 heterocycles. The van der Waals surface area contributed by atoms with Gasteiger partial charge in [0.05, 0.1) is 12.3 Å². The number of aromatic hydroxyl groups is 1. The van der Waals surface area contributed by atoms with Gasteiger partial charge in [-0.05, 0) is 41.0 Å². The standard InChI is InChI=1S/C22H15F2NO3/c23-17-7-6-16-20(19(17)24)25-21(27)22(16,13-1-4-15(26)5-2-13)14-3-8-18-12(11-14)9-10-28-18/h1-8,11,26H,9-10H2,(H,25,27). The highest BCUT2D eigenvalue weighted by Gasteiger charge is 2.51. The average molecular weight is 379 g/mol. The van der Waals surface area contributed by atoms with Crippen LogP contribution >= 0.6 is 0 Å². The third-order valence-corrected chi connectivity index (χ3v) is 5.50. The molecule has 0 radical (unpaired) electrons. The summed E-state index contributed by atoms with van der Waals surface area (Å²) < 4.78 is 33.9. The number of ether oxygens (including phenoxy) is 1. The van der Waals surface area contributed by atoms with Crippen molar-refractivity contribution in [1.82, 2.24) is 0 Å². The molecule has 4 nitrogen and oxygen atoms in total. The molecule has 1 amide bonds. The topological polar surface area (TPSA) is 58.6 Å². The second-order valence-corrected chi connectivity index (χ2v) is 6.96. The van der Waals surface area contributed by atoms with Crippen LogP contribution in [0.1, 0.15) is 22.3 Å². The Kier molecular flexibility index (Phi) is 3.46. The summed E-state index contributed by atoms with van der Waals surface area (Å²) in [7, 11) is 0. The van der Waals surface area contributed by atoms with E-state index in [9.17, 15) is 18.7 Å². The molecule has 1 atom stereocenters. The van der Waals surface area contributed by atoms with Crippen molar-refractivity contribution in [3.63, 3.8) is 0 Å². The summed E-state index contributed by atoms with van der Waals surface area (Å²) in [5.74, 6) is -1.78. The van der Waals surface area contributed by atoms with E-state index in [4.69, 9.17) is 4.74 Å². The second kappa shape index (κ2) is 5.79. The lowest BCUT2D eigenvalue weighted by Crippen LogP contribution is -2.37. The Morgan fingerprint density at radius 3 is 2.54 bits per heavy atom. The fourth-order valence-corrected chi connectivity index (χ4v) is 4.19. The molecule has 140 valence electrons. The molecule has 0 spiro atoms. The van der Waals surface area contributed by atoms with Gasteiger partial charge in [-0.1, -0.05) is 30.3 Å². The van der Waals surface area contributed by atoms with Crippen molar-refractivity contribution >= 4 is 11.6 Å². The Hall–Kier alpha value is -3.41. The average Bonchev–Trinajstić information content (AvgIpc) is 3.27. The number of benzene rings is 3. The van der Waals surface area contributed by atoms with Gasteiger partial charge in [0, 0.05) is 12.0 Å². The van der Waals surface area contributed by atoms with Crippen molar-refractivity contribution in [2.45, 2.75) is 11.8 Å². The van der Waals surface area contributed by atoms with Gasteiger partial charge in [-0.3, -0.25) is 4.79 Å². The largest absolute Gasteiger partial charge is 0.508 e. The number of carbonyl (C=O) groups excluding carboxylic acids is 1. The SMILES string of the molecule is O=C1Nc2c(ccc(F)c2F)C1(c1ccc(O)cc1)c1ccc2c(c1)CCO2. The molecule has 0 fully saturated rings. The summed E-state index contributed by atoms with van der Waals surface area (Å²) in [6.07, 6.45) is 0.709. The highest BCUT2D eigenvalue weighted by atomic mass is 19.2. The lowest BCUT2D eigenvalue weighted by Gasteiger charge is -2.29. The molecule has 0 saturated carbocycles. The number of amides is 1. The number of anilines is 1. The predicted molar refractivity (Wildman–Crippen MR) is 98.6 cm³/mol.